The maximum atomic E-state index is 5.69. The minimum absolute atomic E-state index is 0.577. The fourth-order valence-corrected chi connectivity index (χ4v) is 2.44. The van der Waals surface area contributed by atoms with E-state index >= 15 is 0 Å². The van der Waals surface area contributed by atoms with Crippen LogP contribution in [0.3, 0.4) is 0 Å². The third-order valence-corrected chi connectivity index (χ3v) is 3.59. The Morgan fingerprint density at radius 2 is 2.31 bits per heavy atom. The molecule has 1 aromatic heterocycles. The predicted molar refractivity (Wildman–Crippen MR) is 64.9 cm³/mol. The number of rotatable bonds is 3. The van der Waals surface area contributed by atoms with Crippen LogP contribution in [0.4, 0.5) is 0 Å². The fourth-order valence-electron chi connectivity index (χ4n) is 2.44. The number of hydrogen-bond acceptors (Lipinski definition) is 3. The lowest BCUT2D eigenvalue weighted by molar-refractivity contribution is 0.188. The number of nitrogens with zero attached hydrogens (tertiary/aromatic N) is 1. The van der Waals surface area contributed by atoms with Gasteiger partial charge in [-0.1, -0.05) is 12.8 Å². The van der Waals surface area contributed by atoms with Gasteiger partial charge in [0.15, 0.2) is 0 Å². The molecule has 2 N–H and O–H groups in total. The molecule has 0 aliphatic carbocycles. The van der Waals surface area contributed by atoms with Crippen LogP contribution in [0.5, 0.6) is 0 Å². The maximum Gasteiger partial charge on any atom is 0.122 e. The van der Waals surface area contributed by atoms with E-state index < -0.39 is 0 Å². The Balaban J connectivity index is 2.01. The molecule has 1 saturated heterocycles. The van der Waals surface area contributed by atoms with Gasteiger partial charge in [-0.15, -0.1) is 0 Å². The summed E-state index contributed by atoms with van der Waals surface area (Å²) in [5.74, 6) is 1.05. The summed E-state index contributed by atoms with van der Waals surface area (Å²) in [6.45, 7) is 5.00. The normalized spacial score (nSPS) is 23.2. The van der Waals surface area contributed by atoms with Crippen molar-refractivity contribution in [3.05, 3.63) is 23.7 Å². The van der Waals surface area contributed by atoms with Gasteiger partial charge in [-0.2, -0.15) is 0 Å². The van der Waals surface area contributed by atoms with E-state index in [0.29, 0.717) is 12.6 Å². The zero-order chi connectivity index (χ0) is 11.4. The van der Waals surface area contributed by atoms with E-state index in [-0.39, 0.29) is 0 Å². The van der Waals surface area contributed by atoms with E-state index in [1.807, 2.05) is 6.07 Å². The summed E-state index contributed by atoms with van der Waals surface area (Å²) in [7, 11) is 0. The lowest BCUT2D eigenvalue weighted by Crippen LogP contribution is -2.32. The van der Waals surface area contributed by atoms with Gasteiger partial charge in [0.25, 0.3) is 0 Å². The standard InChI is InChI=1S/C13H22N2O/c1-11-5-3-2-4-7-15(11)10-13-12(9-14)6-8-16-13/h6,8,11H,2-5,7,9-10,14H2,1H3. The highest BCUT2D eigenvalue weighted by Gasteiger charge is 2.19. The second-order valence-electron chi connectivity index (χ2n) is 4.74. The molecular formula is C13H22N2O. The molecule has 1 fully saturated rings. The second kappa shape index (κ2) is 5.51. The molecule has 90 valence electrons. The van der Waals surface area contributed by atoms with Gasteiger partial charge in [0.2, 0.25) is 0 Å². The van der Waals surface area contributed by atoms with Crippen molar-refractivity contribution in [2.24, 2.45) is 5.73 Å². The number of likely N-dealkylation sites (tertiary alicyclic amines) is 1. The Bertz CT molecular complexity index is 321. The quantitative estimate of drug-likeness (QED) is 0.854. The van der Waals surface area contributed by atoms with Crippen molar-refractivity contribution in [2.75, 3.05) is 6.54 Å². The van der Waals surface area contributed by atoms with E-state index in [2.05, 4.69) is 11.8 Å². The molecular weight excluding hydrogens is 200 g/mol. The molecule has 1 atom stereocenters. The van der Waals surface area contributed by atoms with E-state index in [1.54, 1.807) is 6.26 Å². The second-order valence-corrected chi connectivity index (χ2v) is 4.74. The summed E-state index contributed by atoms with van der Waals surface area (Å²) < 4.78 is 5.53. The molecule has 2 heterocycles. The van der Waals surface area contributed by atoms with Crippen LogP contribution in [0.15, 0.2) is 16.7 Å². The van der Waals surface area contributed by atoms with Crippen molar-refractivity contribution in [1.29, 1.82) is 0 Å². The number of furan rings is 1. The number of hydrogen-bond donors (Lipinski definition) is 1. The summed E-state index contributed by atoms with van der Waals surface area (Å²) >= 11 is 0. The minimum atomic E-state index is 0.577. The van der Waals surface area contributed by atoms with Gasteiger partial charge in [0.05, 0.1) is 12.8 Å². The molecule has 3 nitrogen and oxygen atoms in total. The van der Waals surface area contributed by atoms with E-state index in [4.69, 9.17) is 10.2 Å². The van der Waals surface area contributed by atoms with Crippen molar-refractivity contribution in [3.8, 4) is 0 Å². The molecule has 3 heteroatoms. The molecule has 0 bridgehead atoms. The molecule has 1 aromatic rings. The smallest absolute Gasteiger partial charge is 0.122 e. The highest BCUT2D eigenvalue weighted by atomic mass is 16.3. The zero-order valence-electron chi connectivity index (χ0n) is 10.1. The molecule has 0 spiro atoms. The third-order valence-electron chi connectivity index (χ3n) is 3.59. The van der Waals surface area contributed by atoms with Gasteiger partial charge < -0.3 is 10.2 Å². The van der Waals surface area contributed by atoms with Crippen LogP contribution in [0, 0.1) is 0 Å². The van der Waals surface area contributed by atoms with Crippen LogP contribution < -0.4 is 5.73 Å². The summed E-state index contributed by atoms with van der Waals surface area (Å²) in [5, 5.41) is 0. The summed E-state index contributed by atoms with van der Waals surface area (Å²) in [6.07, 6.45) is 7.09. The third kappa shape index (κ3) is 2.66. The van der Waals surface area contributed by atoms with Crippen molar-refractivity contribution in [3.63, 3.8) is 0 Å². The molecule has 1 aliphatic heterocycles. The summed E-state index contributed by atoms with van der Waals surface area (Å²) in [4.78, 5) is 2.52. The van der Waals surface area contributed by atoms with E-state index in [1.165, 1.54) is 32.2 Å². The van der Waals surface area contributed by atoms with Crippen LogP contribution >= 0.6 is 0 Å². The Hall–Kier alpha value is -0.800. The molecule has 1 unspecified atom stereocenters. The summed E-state index contributed by atoms with van der Waals surface area (Å²) in [6, 6.07) is 2.65. The first-order chi connectivity index (χ1) is 7.81. The zero-order valence-corrected chi connectivity index (χ0v) is 10.1. The Labute approximate surface area is 97.6 Å². The van der Waals surface area contributed by atoms with Crippen LogP contribution in [-0.4, -0.2) is 17.5 Å². The first-order valence-corrected chi connectivity index (χ1v) is 6.30. The molecule has 0 saturated carbocycles. The van der Waals surface area contributed by atoms with Crippen LogP contribution in [-0.2, 0) is 13.1 Å². The van der Waals surface area contributed by atoms with Gasteiger partial charge >= 0.3 is 0 Å². The fraction of sp³-hybridized carbons (Fsp3) is 0.692. The maximum absolute atomic E-state index is 5.69. The van der Waals surface area contributed by atoms with Crippen molar-refractivity contribution < 1.29 is 4.42 Å². The van der Waals surface area contributed by atoms with Crippen LogP contribution in [0.2, 0.25) is 0 Å². The van der Waals surface area contributed by atoms with Crippen molar-refractivity contribution in [1.82, 2.24) is 4.90 Å². The van der Waals surface area contributed by atoms with Gasteiger partial charge in [0, 0.05) is 18.2 Å². The van der Waals surface area contributed by atoms with Gasteiger partial charge in [-0.25, -0.2) is 0 Å². The first kappa shape index (κ1) is 11.7. The SMILES string of the molecule is CC1CCCCCN1Cc1occc1CN. The lowest BCUT2D eigenvalue weighted by atomic mass is 10.1. The molecule has 0 amide bonds. The van der Waals surface area contributed by atoms with E-state index in [9.17, 15) is 0 Å². The minimum Gasteiger partial charge on any atom is -0.468 e. The molecule has 16 heavy (non-hydrogen) atoms. The van der Waals surface area contributed by atoms with Crippen molar-refractivity contribution in [2.45, 2.75) is 51.7 Å². The van der Waals surface area contributed by atoms with Gasteiger partial charge in [0.1, 0.15) is 5.76 Å². The first-order valence-electron chi connectivity index (χ1n) is 6.30. The Kier molecular flexibility index (Phi) is 4.02. The molecule has 0 aromatic carbocycles. The highest BCUT2D eigenvalue weighted by molar-refractivity contribution is 5.16. The average molecular weight is 222 g/mol. The average Bonchev–Trinajstić information content (AvgIpc) is 2.64. The largest absolute Gasteiger partial charge is 0.468 e. The Morgan fingerprint density at radius 1 is 1.44 bits per heavy atom. The monoisotopic (exact) mass is 222 g/mol. The highest BCUT2D eigenvalue weighted by Crippen LogP contribution is 2.20. The summed E-state index contributed by atoms with van der Waals surface area (Å²) in [5.41, 5.74) is 6.84. The van der Waals surface area contributed by atoms with Crippen LogP contribution in [0.1, 0.15) is 43.9 Å². The topological polar surface area (TPSA) is 42.4 Å². The molecule has 0 radical (unpaired) electrons. The predicted octanol–water partition coefficient (Wildman–Crippen LogP) is 2.50. The van der Waals surface area contributed by atoms with Crippen LogP contribution in [0.25, 0.3) is 0 Å². The van der Waals surface area contributed by atoms with Gasteiger partial charge in [-0.3, -0.25) is 4.90 Å². The lowest BCUT2D eigenvalue weighted by Gasteiger charge is -2.26. The Morgan fingerprint density at radius 3 is 3.12 bits per heavy atom. The molecule has 1 aliphatic rings. The van der Waals surface area contributed by atoms with Crippen molar-refractivity contribution >= 4 is 0 Å². The number of nitrogens with two attached hydrogens (primary N) is 1. The van der Waals surface area contributed by atoms with Gasteiger partial charge in [-0.05, 0) is 32.4 Å². The molecule has 2 rings (SSSR count). The van der Waals surface area contributed by atoms with E-state index in [0.717, 1.165) is 17.9 Å².